The van der Waals surface area contributed by atoms with Gasteiger partial charge < -0.3 is 8.98 Å². The van der Waals surface area contributed by atoms with Crippen molar-refractivity contribution in [2.75, 3.05) is 0 Å². The van der Waals surface area contributed by atoms with Crippen molar-refractivity contribution >= 4 is 65.6 Å². The van der Waals surface area contributed by atoms with Crippen molar-refractivity contribution in [3.05, 3.63) is 187 Å². The molecular formula is C54H35N5O. The van der Waals surface area contributed by atoms with E-state index in [1.807, 2.05) is 30.3 Å². The van der Waals surface area contributed by atoms with Gasteiger partial charge in [-0.15, -0.1) is 0 Å². The van der Waals surface area contributed by atoms with Gasteiger partial charge in [0.05, 0.1) is 22.1 Å². The van der Waals surface area contributed by atoms with Gasteiger partial charge in [-0.25, -0.2) is 4.98 Å². The zero-order chi connectivity index (χ0) is 39.7. The van der Waals surface area contributed by atoms with E-state index in [1.165, 1.54) is 44.1 Å². The van der Waals surface area contributed by atoms with Crippen LogP contribution in [0.4, 0.5) is 0 Å². The average molecular weight is 770 g/mol. The summed E-state index contributed by atoms with van der Waals surface area (Å²) in [5, 5.41) is 6.89. The first kappa shape index (κ1) is 33.2. The topological polar surface area (TPSA) is 61.7 Å². The molecule has 0 radical (unpaired) electrons. The first-order valence-corrected chi connectivity index (χ1v) is 20.4. The quantitative estimate of drug-likeness (QED) is 0.179. The Hall–Kier alpha value is -7.83. The molecule has 1 aliphatic rings. The van der Waals surface area contributed by atoms with Crippen molar-refractivity contribution in [1.82, 2.24) is 24.1 Å². The predicted molar refractivity (Wildman–Crippen MR) is 244 cm³/mol. The SMILES string of the molecule is CC1(C)c2ccccc2-c2cc3c4ccccc4n(-c4ccc5c(c4)oc4cc(-c6nc(-c7ccccc7)nc(-n7c8ccccc8c8ccccc87)n6)ccc45)c3cc21. The fraction of sp³-hybridized carbons (Fsp3) is 0.0556. The molecule has 0 bridgehead atoms. The summed E-state index contributed by atoms with van der Waals surface area (Å²) in [5.74, 6) is 1.75. The maximum absolute atomic E-state index is 6.77. The summed E-state index contributed by atoms with van der Waals surface area (Å²) in [6, 6.07) is 62.3. The van der Waals surface area contributed by atoms with Crippen LogP contribution in [0.15, 0.2) is 180 Å². The Kier molecular flexibility index (Phi) is 6.69. The highest BCUT2D eigenvalue weighted by Crippen LogP contribution is 2.51. The molecule has 4 aromatic heterocycles. The molecule has 0 unspecified atom stereocenters. The molecule has 0 spiro atoms. The van der Waals surface area contributed by atoms with Gasteiger partial charge in [0.2, 0.25) is 5.95 Å². The third-order valence-electron chi connectivity index (χ3n) is 12.8. The van der Waals surface area contributed by atoms with Crippen LogP contribution in [0.2, 0.25) is 0 Å². The van der Waals surface area contributed by atoms with Crippen LogP contribution < -0.4 is 0 Å². The third-order valence-corrected chi connectivity index (χ3v) is 12.8. The number of nitrogens with zero attached hydrogens (tertiary/aromatic N) is 5. The van der Waals surface area contributed by atoms with E-state index < -0.39 is 0 Å². The summed E-state index contributed by atoms with van der Waals surface area (Å²) in [6.07, 6.45) is 0. The number of fused-ring (bicyclic) bond motifs is 12. The Morgan fingerprint density at radius 3 is 1.72 bits per heavy atom. The van der Waals surface area contributed by atoms with Crippen LogP contribution in [0.5, 0.6) is 0 Å². The van der Waals surface area contributed by atoms with Crippen LogP contribution in [0.25, 0.3) is 111 Å². The van der Waals surface area contributed by atoms with Gasteiger partial charge in [0.25, 0.3) is 0 Å². The Balaban J connectivity index is 0.976. The molecule has 0 saturated heterocycles. The fourth-order valence-electron chi connectivity index (χ4n) is 9.93. The number of hydrogen-bond acceptors (Lipinski definition) is 4. The first-order chi connectivity index (χ1) is 29.5. The largest absolute Gasteiger partial charge is 0.456 e. The predicted octanol–water partition coefficient (Wildman–Crippen LogP) is 13.6. The van der Waals surface area contributed by atoms with Gasteiger partial charge in [0.1, 0.15) is 11.2 Å². The van der Waals surface area contributed by atoms with E-state index in [9.17, 15) is 0 Å². The number of furan rings is 1. The summed E-state index contributed by atoms with van der Waals surface area (Å²) in [4.78, 5) is 15.4. The van der Waals surface area contributed by atoms with Crippen molar-refractivity contribution < 1.29 is 4.42 Å². The lowest BCUT2D eigenvalue weighted by molar-refractivity contribution is 0.661. The summed E-state index contributed by atoms with van der Waals surface area (Å²) < 4.78 is 11.3. The molecule has 0 fully saturated rings. The minimum Gasteiger partial charge on any atom is -0.456 e. The number of benzene rings is 8. The molecule has 0 amide bonds. The van der Waals surface area contributed by atoms with Gasteiger partial charge in [0.15, 0.2) is 11.6 Å². The number of hydrogen-bond donors (Lipinski definition) is 0. The summed E-state index contributed by atoms with van der Waals surface area (Å²) >= 11 is 0. The molecular weight excluding hydrogens is 735 g/mol. The van der Waals surface area contributed by atoms with Gasteiger partial charge in [0, 0.05) is 60.6 Å². The second-order valence-corrected chi connectivity index (χ2v) is 16.4. The minimum absolute atomic E-state index is 0.105. The molecule has 6 nitrogen and oxygen atoms in total. The lowest BCUT2D eigenvalue weighted by atomic mass is 9.82. The maximum Gasteiger partial charge on any atom is 0.238 e. The molecule has 0 N–H and O–H groups in total. The fourth-order valence-corrected chi connectivity index (χ4v) is 9.93. The molecule has 60 heavy (non-hydrogen) atoms. The molecule has 4 heterocycles. The lowest BCUT2D eigenvalue weighted by Gasteiger charge is -2.21. The number of rotatable bonds is 4. The second kappa shape index (κ2) is 12.1. The van der Waals surface area contributed by atoms with Crippen LogP contribution in [-0.4, -0.2) is 24.1 Å². The van der Waals surface area contributed by atoms with Gasteiger partial charge in [-0.2, -0.15) is 9.97 Å². The Morgan fingerprint density at radius 1 is 0.400 bits per heavy atom. The van der Waals surface area contributed by atoms with Crippen LogP contribution in [0.1, 0.15) is 25.0 Å². The smallest absolute Gasteiger partial charge is 0.238 e. The molecule has 0 atom stereocenters. The van der Waals surface area contributed by atoms with Crippen LogP contribution in [0, 0.1) is 0 Å². The Bertz CT molecular complexity index is 3700. The standard InChI is InChI=1S/C54H35N5O/c1-54(2)43-20-10-6-16-35(43)41-30-42-38-19-9-11-21-45(38)58(48(42)31-44(41)54)34-25-27-40-39-26-24-33(28-49(39)60-50(40)29-34)52-55-51(32-14-4-3-5-15-32)56-53(57-52)59-46-22-12-7-17-36(46)37-18-8-13-23-47(37)59/h3-31H,1-2H3. The van der Waals surface area contributed by atoms with Crippen LogP contribution in [-0.2, 0) is 5.41 Å². The van der Waals surface area contributed by atoms with Gasteiger partial charge >= 0.3 is 0 Å². The van der Waals surface area contributed by atoms with Crippen molar-refractivity contribution in [3.8, 4) is 45.5 Å². The minimum atomic E-state index is -0.105. The van der Waals surface area contributed by atoms with E-state index in [0.717, 1.165) is 60.6 Å². The van der Waals surface area contributed by atoms with E-state index in [0.29, 0.717) is 17.6 Å². The average Bonchev–Trinajstić information content (AvgIpc) is 4.00. The monoisotopic (exact) mass is 769 g/mol. The molecule has 282 valence electrons. The maximum atomic E-state index is 6.77. The summed E-state index contributed by atoms with van der Waals surface area (Å²) in [5.41, 5.74) is 14.2. The van der Waals surface area contributed by atoms with E-state index in [-0.39, 0.29) is 5.41 Å². The van der Waals surface area contributed by atoms with Gasteiger partial charge in [-0.05, 0) is 76.9 Å². The van der Waals surface area contributed by atoms with Crippen molar-refractivity contribution in [2.24, 2.45) is 0 Å². The highest BCUT2D eigenvalue weighted by atomic mass is 16.3. The van der Waals surface area contributed by atoms with E-state index in [1.54, 1.807) is 0 Å². The van der Waals surface area contributed by atoms with Gasteiger partial charge in [-0.1, -0.05) is 129 Å². The number of aromatic nitrogens is 5. The Labute approximate surface area is 344 Å². The lowest BCUT2D eigenvalue weighted by Crippen LogP contribution is -2.14. The van der Waals surface area contributed by atoms with Gasteiger partial charge in [-0.3, -0.25) is 4.57 Å². The van der Waals surface area contributed by atoms with Crippen molar-refractivity contribution in [1.29, 1.82) is 0 Å². The molecule has 0 aliphatic heterocycles. The Morgan fingerprint density at radius 2 is 0.983 bits per heavy atom. The van der Waals surface area contributed by atoms with E-state index in [4.69, 9.17) is 19.4 Å². The van der Waals surface area contributed by atoms with Crippen molar-refractivity contribution in [3.63, 3.8) is 0 Å². The third kappa shape index (κ3) is 4.61. The normalized spacial score (nSPS) is 13.3. The zero-order valence-corrected chi connectivity index (χ0v) is 32.9. The second-order valence-electron chi connectivity index (χ2n) is 16.4. The van der Waals surface area contributed by atoms with E-state index >= 15 is 0 Å². The molecule has 12 aromatic rings. The summed E-state index contributed by atoms with van der Waals surface area (Å²) in [7, 11) is 0. The molecule has 0 saturated carbocycles. The van der Waals surface area contributed by atoms with E-state index in [2.05, 4.69) is 169 Å². The molecule has 8 aromatic carbocycles. The van der Waals surface area contributed by atoms with Crippen LogP contribution >= 0.6 is 0 Å². The summed E-state index contributed by atoms with van der Waals surface area (Å²) in [6.45, 7) is 4.69. The number of para-hydroxylation sites is 3. The molecule has 13 rings (SSSR count). The van der Waals surface area contributed by atoms with Crippen LogP contribution in [0.3, 0.4) is 0 Å². The molecule has 6 heteroatoms. The highest BCUT2D eigenvalue weighted by molar-refractivity contribution is 6.13. The molecule has 1 aliphatic carbocycles. The first-order valence-electron chi connectivity index (χ1n) is 20.4. The van der Waals surface area contributed by atoms with Crippen molar-refractivity contribution in [2.45, 2.75) is 19.3 Å². The zero-order valence-electron chi connectivity index (χ0n) is 32.9. The highest BCUT2D eigenvalue weighted by Gasteiger charge is 2.36.